The number of allylic oxidation sites excluding steroid dienone is 2. The molecule has 1 heterocycles. The minimum absolute atomic E-state index is 0.816. The molecule has 0 saturated carbocycles. The van der Waals surface area contributed by atoms with Crippen LogP contribution in [0.25, 0.3) is 6.08 Å². The Labute approximate surface area is 53.9 Å². The maximum atomic E-state index is 5.09. The predicted octanol–water partition coefficient (Wildman–Crippen LogP) is 1.41. The molecule has 0 aliphatic carbocycles. The number of hydrogen-bond donors (Lipinski definition) is 1. The van der Waals surface area contributed by atoms with Gasteiger partial charge in [-0.1, -0.05) is 18.7 Å². The average molecular weight is 119 g/mol. The predicted molar refractivity (Wildman–Crippen MR) is 36.5 cm³/mol. The Bertz CT molecular complexity index is 197. The third-order valence-corrected chi connectivity index (χ3v) is 0.885. The molecule has 0 aliphatic rings. The van der Waals surface area contributed by atoms with Crippen LogP contribution >= 0.6 is 0 Å². The molecule has 0 unspecified atom stereocenters. The summed E-state index contributed by atoms with van der Waals surface area (Å²) in [6.45, 7) is 5.09. The van der Waals surface area contributed by atoms with Gasteiger partial charge in [0.15, 0.2) is 0 Å². The van der Waals surface area contributed by atoms with Crippen molar-refractivity contribution < 1.29 is 0 Å². The summed E-state index contributed by atoms with van der Waals surface area (Å²) in [5.74, 6) is 0.816. The van der Waals surface area contributed by atoms with E-state index in [1.807, 2.05) is 0 Å². The second-order valence-corrected chi connectivity index (χ2v) is 1.53. The highest BCUT2D eigenvalue weighted by Crippen LogP contribution is 1.90. The van der Waals surface area contributed by atoms with Crippen LogP contribution < -0.4 is 0 Å². The highest BCUT2D eigenvalue weighted by Gasteiger charge is 1.80. The molecule has 1 N–H and O–H groups in total. The van der Waals surface area contributed by atoms with E-state index in [-0.39, 0.29) is 0 Å². The smallest absolute Gasteiger partial charge is 0.129 e. The fraction of sp³-hybridized carbons (Fsp3) is 0. The van der Waals surface area contributed by atoms with E-state index in [9.17, 15) is 0 Å². The molecular weight excluding hydrogens is 112 g/mol. The van der Waals surface area contributed by atoms with Crippen LogP contribution in [0.4, 0.5) is 0 Å². The van der Waals surface area contributed by atoms with E-state index in [4.69, 9.17) is 6.58 Å². The topological polar surface area (TPSA) is 28.7 Å². The van der Waals surface area contributed by atoms with E-state index in [0.717, 1.165) is 5.82 Å². The third-order valence-electron chi connectivity index (χ3n) is 0.885. The van der Waals surface area contributed by atoms with Gasteiger partial charge in [0.2, 0.25) is 0 Å². The van der Waals surface area contributed by atoms with Gasteiger partial charge < -0.3 is 4.98 Å². The lowest BCUT2D eigenvalue weighted by Crippen LogP contribution is -1.70. The van der Waals surface area contributed by atoms with E-state index < -0.39 is 0 Å². The zero-order valence-electron chi connectivity index (χ0n) is 4.91. The molecule has 0 fully saturated rings. The van der Waals surface area contributed by atoms with Gasteiger partial charge in [-0.2, -0.15) is 0 Å². The van der Waals surface area contributed by atoms with Gasteiger partial charge in [0.1, 0.15) is 5.82 Å². The summed E-state index contributed by atoms with van der Waals surface area (Å²) in [5.41, 5.74) is 0. The molecule has 2 heteroatoms. The van der Waals surface area contributed by atoms with Crippen molar-refractivity contribution in [2.75, 3.05) is 0 Å². The molecule has 45 valence electrons. The molecule has 1 aromatic heterocycles. The molecule has 0 atom stereocenters. The number of nitrogens with zero attached hydrogens (tertiary/aromatic N) is 1. The third kappa shape index (κ3) is 1.57. The van der Waals surface area contributed by atoms with Gasteiger partial charge in [-0.15, -0.1) is 0 Å². The SMILES string of the molecule is [CH]=CC=Cc1ncc[nH]1. The number of aromatic amines is 1. The minimum Gasteiger partial charge on any atom is -0.345 e. The van der Waals surface area contributed by atoms with Crippen LogP contribution in [0.1, 0.15) is 5.82 Å². The van der Waals surface area contributed by atoms with E-state index >= 15 is 0 Å². The lowest BCUT2D eigenvalue weighted by molar-refractivity contribution is 1.26. The van der Waals surface area contributed by atoms with E-state index in [1.54, 1.807) is 24.5 Å². The Morgan fingerprint density at radius 1 is 1.67 bits per heavy atom. The van der Waals surface area contributed by atoms with Gasteiger partial charge >= 0.3 is 0 Å². The van der Waals surface area contributed by atoms with Crippen LogP contribution in [0.2, 0.25) is 0 Å². The van der Waals surface area contributed by atoms with Crippen molar-refractivity contribution in [2.24, 2.45) is 0 Å². The van der Waals surface area contributed by atoms with Crippen molar-refractivity contribution in [3.63, 3.8) is 0 Å². The van der Waals surface area contributed by atoms with Crippen molar-refractivity contribution in [1.82, 2.24) is 9.97 Å². The molecule has 0 spiro atoms. The fourth-order valence-electron chi connectivity index (χ4n) is 0.515. The summed E-state index contributed by atoms with van der Waals surface area (Å²) in [5, 5.41) is 0. The molecule has 0 aliphatic heterocycles. The Hall–Kier alpha value is -1.31. The molecule has 1 rings (SSSR count). The van der Waals surface area contributed by atoms with Crippen LogP contribution in [-0.2, 0) is 0 Å². The summed E-state index contributed by atoms with van der Waals surface area (Å²) in [6, 6.07) is 0. The van der Waals surface area contributed by atoms with E-state index in [1.165, 1.54) is 6.08 Å². The van der Waals surface area contributed by atoms with E-state index in [2.05, 4.69) is 9.97 Å². The van der Waals surface area contributed by atoms with Crippen molar-refractivity contribution in [3.8, 4) is 0 Å². The Morgan fingerprint density at radius 3 is 3.11 bits per heavy atom. The fourth-order valence-corrected chi connectivity index (χ4v) is 0.515. The summed E-state index contributed by atoms with van der Waals surface area (Å²) in [4.78, 5) is 6.83. The average Bonchev–Trinajstić information content (AvgIpc) is 2.34. The number of aromatic nitrogens is 2. The molecule has 0 amide bonds. The summed E-state index contributed by atoms with van der Waals surface area (Å²) in [7, 11) is 0. The first-order chi connectivity index (χ1) is 4.43. The Kier molecular flexibility index (Phi) is 1.85. The van der Waals surface area contributed by atoms with Gasteiger partial charge in [0, 0.05) is 12.4 Å². The zero-order chi connectivity index (χ0) is 6.53. The largest absolute Gasteiger partial charge is 0.345 e. The summed E-state index contributed by atoms with van der Waals surface area (Å²) in [6.07, 6.45) is 8.42. The summed E-state index contributed by atoms with van der Waals surface area (Å²) < 4.78 is 0. The van der Waals surface area contributed by atoms with Crippen LogP contribution in [0.5, 0.6) is 0 Å². The Balaban J connectivity index is 2.67. The standard InChI is InChI=1S/C7H7N2/c1-2-3-4-7-8-5-6-9-7/h1-6H,(H,8,9). The maximum Gasteiger partial charge on any atom is 0.129 e. The van der Waals surface area contributed by atoms with Crippen LogP contribution in [0.15, 0.2) is 24.5 Å². The van der Waals surface area contributed by atoms with Crippen LogP contribution in [-0.4, -0.2) is 9.97 Å². The molecule has 0 aromatic carbocycles. The van der Waals surface area contributed by atoms with Crippen molar-refractivity contribution in [1.29, 1.82) is 0 Å². The van der Waals surface area contributed by atoms with Crippen LogP contribution in [0.3, 0.4) is 0 Å². The van der Waals surface area contributed by atoms with Gasteiger partial charge in [0.25, 0.3) is 0 Å². The summed E-state index contributed by atoms with van der Waals surface area (Å²) >= 11 is 0. The quantitative estimate of drug-likeness (QED) is 0.586. The highest BCUT2D eigenvalue weighted by atomic mass is 14.9. The first kappa shape index (κ1) is 5.82. The molecule has 0 bridgehead atoms. The lowest BCUT2D eigenvalue weighted by atomic mass is 10.5. The van der Waals surface area contributed by atoms with Crippen molar-refractivity contribution in [3.05, 3.63) is 36.9 Å². The molecule has 1 radical (unpaired) electrons. The second kappa shape index (κ2) is 2.87. The van der Waals surface area contributed by atoms with E-state index in [0.29, 0.717) is 0 Å². The normalized spacial score (nSPS) is 10.2. The Morgan fingerprint density at radius 2 is 2.56 bits per heavy atom. The first-order valence-corrected chi connectivity index (χ1v) is 2.64. The zero-order valence-corrected chi connectivity index (χ0v) is 4.91. The molecule has 1 aromatic rings. The molecular formula is C7H7N2. The number of imidazole rings is 1. The molecule has 0 saturated heterocycles. The van der Waals surface area contributed by atoms with Gasteiger partial charge in [0.05, 0.1) is 0 Å². The number of nitrogens with one attached hydrogen (secondary N) is 1. The van der Waals surface area contributed by atoms with Crippen molar-refractivity contribution >= 4 is 6.08 Å². The first-order valence-electron chi connectivity index (χ1n) is 2.64. The van der Waals surface area contributed by atoms with Gasteiger partial charge in [-0.3, -0.25) is 0 Å². The van der Waals surface area contributed by atoms with Crippen LogP contribution in [0, 0.1) is 6.58 Å². The maximum absolute atomic E-state index is 5.09. The monoisotopic (exact) mass is 119 g/mol. The molecule has 2 nitrogen and oxygen atoms in total. The lowest BCUT2D eigenvalue weighted by Gasteiger charge is -1.77. The molecule has 9 heavy (non-hydrogen) atoms. The highest BCUT2D eigenvalue weighted by molar-refractivity contribution is 5.41. The van der Waals surface area contributed by atoms with Gasteiger partial charge in [-0.25, -0.2) is 4.98 Å². The minimum atomic E-state index is 0.816. The number of H-pyrrole nitrogens is 1. The van der Waals surface area contributed by atoms with Crippen molar-refractivity contribution in [2.45, 2.75) is 0 Å². The second-order valence-electron chi connectivity index (χ2n) is 1.53. The number of hydrogen-bond acceptors (Lipinski definition) is 1. The van der Waals surface area contributed by atoms with Gasteiger partial charge in [-0.05, 0) is 6.08 Å². The number of rotatable bonds is 2.